The number of hydrogen-bond donors (Lipinski definition) is 3. The van der Waals surface area contributed by atoms with Crippen molar-refractivity contribution in [3.63, 3.8) is 0 Å². The minimum absolute atomic E-state index is 0.107. The number of amides is 4. The number of piperidine rings is 2. The van der Waals surface area contributed by atoms with Gasteiger partial charge in [-0.3, -0.25) is 29.4 Å². The average molecular weight is 447 g/mol. The molecule has 8 nitrogen and oxygen atoms in total. The Balaban J connectivity index is 1.26. The summed E-state index contributed by atoms with van der Waals surface area (Å²) in [5, 5.41) is 8.97. The van der Waals surface area contributed by atoms with Gasteiger partial charge in [0.05, 0.1) is 11.1 Å². The summed E-state index contributed by atoms with van der Waals surface area (Å²) in [6.45, 7) is 2.62. The summed E-state index contributed by atoms with van der Waals surface area (Å²) in [6, 6.07) is 12.7. The molecule has 1 unspecified atom stereocenters. The highest BCUT2D eigenvalue weighted by Crippen LogP contribution is 2.29. The maximum Gasteiger partial charge on any atom is 0.262 e. The van der Waals surface area contributed by atoms with E-state index in [4.69, 9.17) is 0 Å². The van der Waals surface area contributed by atoms with E-state index in [-0.39, 0.29) is 18.7 Å². The molecule has 0 spiro atoms. The topological polar surface area (TPSA) is 108 Å². The van der Waals surface area contributed by atoms with Crippen LogP contribution in [-0.2, 0) is 16.1 Å². The van der Waals surface area contributed by atoms with Crippen LogP contribution >= 0.6 is 0 Å². The molecule has 0 bridgehead atoms. The molecule has 3 heterocycles. The van der Waals surface area contributed by atoms with E-state index in [1.807, 2.05) is 6.07 Å². The Morgan fingerprint density at radius 1 is 0.879 bits per heavy atom. The molecule has 2 fully saturated rings. The van der Waals surface area contributed by atoms with E-state index < -0.39 is 23.8 Å². The molecule has 2 aromatic rings. The number of fused-ring (bicyclic) bond motifs is 1. The zero-order valence-electron chi connectivity index (χ0n) is 18.2. The van der Waals surface area contributed by atoms with Crippen LogP contribution < -0.4 is 16.0 Å². The summed E-state index contributed by atoms with van der Waals surface area (Å²) in [5.41, 5.74) is 3.80. The summed E-state index contributed by atoms with van der Waals surface area (Å²) in [6.07, 6.45) is 2.57. The Morgan fingerprint density at radius 3 is 2.33 bits per heavy atom. The van der Waals surface area contributed by atoms with E-state index >= 15 is 0 Å². The fourth-order valence-corrected chi connectivity index (χ4v) is 4.86. The molecule has 3 N–H and O–H groups in total. The average Bonchev–Trinajstić information content (AvgIpc) is 3.08. The van der Waals surface area contributed by atoms with Gasteiger partial charge in [-0.25, -0.2) is 0 Å². The third kappa shape index (κ3) is 4.14. The minimum Gasteiger partial charge on any atom is -0.381 e. The number of rotatable bonds is 5. The highest BCUT2D eigenvalue weighted by molar-refractivity contribution is 6.23. The fraction of sp³-hybridized carbons (Fsp3) is 0.360. The first kappa shape index (κ1) is 21.3. The van der Waals surface area contributed by atoms with Crippen molar-refractivity contribution in [2.24, 2.45) is 0 Å². The number of anilines is 1. The van der Waals surface area contributed by atoms with Crippen molar-refractivity contribution in [3.05, 3.63) is 64.7 Å². The molecule has 0 aromatic heterocycles. The molecule has 0 saturated carbocycles. The van der Waals surface area contributed by atoms with Crippen molar-refractivity contribution in [1.82, 2.24) is 15.5 Å². The summed E-state index contributed by atoms with van der Waals surface area (Å²) in [7, 11) is 0. The normalized spacial score (nSPS) is 21.2. The van der Waals surface area contributed by atoms with Gasteiger partial charge >= 0.3 is 0 Å². The van der Waals surface area contributed by atoms with E-state index in [1.165, 1.54) is 5.56 Å². The van der Waals surface area contributed by atoms with Crippen LogP contribution in [-0.4, -0.2) is 47.7 Å². The first-order valence-corrected chi connectivity index (χ1v) is 11.4. The minimum atomic E-state index is -0.949. The van der Waals surface area contributed by atoms with E-state index in [0.717, 1.165) is 42.1 Å². The van der Waals surface area contributed by atoms with Crippen molar-refractivity contribution in [1.29, 1.82) is 0 Å². The number of nitrogens with zero attached hydrogens (tertiary/aromatic N) is 1. The molecule has 8 heteroatoms. The number of imide groups is 2. The molecule has 170 valence electrons. The van der Waals surface area contributed by atoms with Gasteiger partial charge in [-0.1, -0.05) is 18.2 Å². The summed E-state index contributed by atoms with van der Waals surface area (Å²) in [4.78, 5) is 50.4. The largest absolute Gasteiger partial charge is 0.381 e. The smallest absolute Gasteiger partial charge is 0.262 e. The highest BCUT2D eigenvalue weighted by Gasteiger charge is 2.44. The van der Waals surface area contributed by atoms with Gasteiger partial charge in [0, 0.05) is 18.7 Å². The van der Waals surface area contributed by atoms with Gasteiger partial charge in [0.15, 0.2) is 0 Å². The number of benzene rings is 2. The zero-order chi connectivity index (χ0) is 22.9. The summed E-state index contributed by atoms with van der Waals surface area (Å²) in [5.74, 6) is -1.36. The molecular weight excluding hydrogens is 420 g/mol. The van der Waals surface area contributed by atoms with Crippen molar-refractivity contribution in [3.8, 4) is 0 Å². The van der Waals surface area contributed by atoms with Gasteiger partial charge in [-0.15, -0.1) is 0 Å². The second-order valence-corrected chi connectivity index (χ2v) is 8.83. The van der Waals surface area contributed by atoms with Crippen LogP contribution in [0.15, 0.2) is 42.5 Å². The predicted octanol–water partition coefficient (Wildman–Crippen LogP) is 2.17. The molecule has 1 atom stereocenters. The van der Waals surface area contributed by atoms with E-state index in [9.17, 15) is 19.2 Å². The standard InChI is InChI=1S/C25H26N4O4/c30-22-8-7-21(23(31)28-22)29-24(32)19-6-1-15(13-20(19)25(29)33)14-27-18-4-2-16(3-5-18)17-9-11-26-12-10-17/h1-6,13,17,21,26-27H,7-12,14H2,(H,28,30,31). The van der Waals surface area contributed by atoms with Crippen LogP contribution in [0, 0.1) is 0 Å². The Labute approximate surface area is 191 Å². The molecule has 4 amide bonds. The number of hydrogen-bond acceptors (Lipinski definition) is 6. The first-order valence-electron chi connectivity index (χ1n) is 11.4. The molecular formula is C25H26N4O4. The molecule has 3 aliphatic rings. The Morgan fingerprint density at radius 2 is 1.61 bits per heavy atom. The van der Waals surface area contributed by atoms with Crippen LogP contribution in [0.1, 0.15) is 63.4 Å². The SMILES string of the molecule is O=C1CCC(N2C(=O)c3ccc(CNc4ccc(C5CCNCC5)cc4)cc3C2=O)C(=O)N1. The summed E-state index contributed by atoms with van der Waals surface area (Å²) < 4.78 is 0. The molecule has 0 aliphatic carbocycles. The van der Waals surface area contributed by atoms with Gasteiger partial charge in [0.25, 0.3) is 11.8 Å². The van der Waals surface area contributed by atoms with Crippen LogP contribution in [0.5, 0.6) is 0 Å². The third-order valence-corrected chi connectivity index (χ3v) is 6.72. The van der Waals surface area contributed by atoms with Crippen molar-refractivity contribution in [2.75, 3.05) is 18.4 Å². The number of carbonyl (C=O) groups is 4. The second-order valence-electron chi connectivity index (χ2n) is 8.83. The highest BCUT2D eigenvalue weighted by atomic mass is 16.2. The van der Waals surface area contributed by atoms with Gasteiger partial charge in [0.2, 0.25) is 11.8 Å². The quantitative estimate of drug-likeness (QED) is 0.608. The summed E-state index contributed by atoms with van der Waals surface area (Å²) >= 11 is 0. The predicted molar refractivity (Wildman–Crippen MR) is 122 cm³/mol. The lowest BCUT2D eigenvalue weighted by Gasteiger charge is -2.27. The zero-order valence-corrected chi connectivity index (χ0v) is 18.2. The number of carbonyl (C=O) groups excluding carboxylic acids is 4. The molecule has 5 rings (SSSR count). The van der Waals surface area contributed by atoms with Gasteiger partial charge < -0.3 is 10.6 Å². The van der Waals surface area contributed by atoms with Crippen molar-refractivity contribution >= 4 is 29.3 Å². The van der Waals surface area contributed by atoms with Crippen molar-refractivity contribution < 1.29 is 19.2 Å². The number of nitrogens with one attached hydrogen (secondary N) is 3. The lowest BCUT2D eigenvalue weighted by atomic mass is 9.90. The van der Waals surface area contributed by atoms with Crippen molar-refractivity contribution in [2.45, 2.75) is 44.2 Å². The molecule has 3 aliphatic heterocycles. The third-order valence-electron chi connectivity index (χ3n) is 6.72. The Kier molecular flexibility index (Phi) is 5.68. The lowest BCUT2D eigenvalue weighted by molar-refractivity contribution is -0.136. The van der Waals surface area contributed by atoms with Crippen LogP contribution in [0.2, 0.25) is 0 Å². The van der Waals surface area contributed by atoms with E-state index in [1.54, 1.807) is 12.1 Å². The van der Waals surface area contributed by atoms with E-state index in [2.05, 4.69) is 40.2 Å². The van der Waals surface area contributed by atoms with E-state index in [0.29, 0.717) is 23.6 Å². The molecule has 2 saturated heterocycles. The molecule has 0 radical (unpaired) electrons. The lowest BCUT2D eigenvalue weighted by Crippen LogP contribution is -2.54. The van der Waals surface area contributed by atoms with Gasteiger partial charge in [0.1, 0.15) is 6.04 Å². The Hall–Kier alpha value is -3.52. The van der Waals surface area contributed by atoms with Crippen LogP contribution in [0.4, 0.5) is 5.69 Å². The molecule has 33 heavy (non-hydrogen) atoms. The second kappa shape index (κ2) is 8.78. The van der Waals surface area contributed by atoms with Gasteiger partial charge in [-0.05, 0) is 73.7 Å². The van der Waals surface area contributed by atoms with Crippen LogP contribution in [0.3, 0.4) is 0 Å². The first-order chi connectivity index (χ1) is 16.0. The monoisotopic (exact) mass is 446 g/mol. The fourth-order valence-electron chi connectivity index (χ4n) is 4.86. The Bertz CT molecular complexity index is 1120. The van der Waals surface area contributed by atoms with Gasteiger partial charge in [-0.2, -0.15) is 0 Å². The molecule has 2 aromatic carbocycles. The maximum absolute atomic E-state index is 13.0. The maximum atomic E-state index is 13.0. The van der Waals surface area contributed by atoms with Crippen LogP contribution in [0.25, 0.3) is 0 Å².